The zero-order valence-electron chi connectivity index (χ0n) is 19.4. The minimum Gasteiger partial charge on any atom is -0.360 e. The Labute approximate surface area is 227 Å². The molecule has 36 heavy (non-hydrogen) atoms. The number of rotatable bonds is 4. The van der Waals surface area contributed by atoms with Crippen LogP contribution in [0.15, 0.2) is 58.4 Å². The van der Waals surface area contributed by atoms with Gasteiger partial charge in [0, 0.05) is 38.2 Å². The predicted octanol–water partition coefficient (Wildman–Crippen LogP) is 6.26. The van der Waals surface area contributed by atoms with Crippen LogP contribution in [0.5, 0.6) is 0 Å². The zero-order valence-corrected chi connectivity index (χ0v) is 22.6. The molecule has 0 unspecified atom stereocenters. The van der Waals surface area contributed by atoms with Gasteiger partial charge in [0.1, 0.15) is 23.2 Å². The summed E-state index contributed by atoms with van der Waals surface area (Å²) in [7, 11) is 0. The van der Waals surface area contributed by atoms with Gasteiger partial charge in [0.05, 0.1) is 17.2 Å². The fraction of sp³-hybridized carbons (Fsp3) is 0.231. The lowest BCUT2D eigenvalue weighted by molar-refractivity contribution is 0.404. The SMILES string of the molecule is Cc1nnc2n1-c1sc3c(c1C(c1ccccc1Cl)=NC2)CCN(C(=S)CSc1ccc(F)cc1)C3. The van der Waals surface area contributed by atoms with Gasteiger partial charge in [-0.2, -0.15) is 0 Å². The van der Waals surface area contributed by atoms with Crippen LogP contribution < -0.4 is 0 Å². The van der Waals surface area contributed by atoms with E-state index in [1.165, 1.54) is 22.6 Å². The maximum absolute atomic E-state index is 13.2. The fourth-order valence-corrected chi connectivity index (χ4v) is 7.44. The summed E-state index contributed by atoms with van der Waals surface area (Å²) >= 11 is 15.9. The van der Waals surface area contributed by atoms with Gasteiger partial charge in [-0.25, -0.2) is 4.39 Å². The van der Waals surface area contributed by atoms with Crippen LogP contribution in [0.1, 0.15) is 33.2 Å². The number of thiocarbonyl (C=S) groups is 1. The van der Waals surface area contributed by atoms with Crippen molar-refractivity contribution in [2.24, 2.45) is 4.99 Å². The quantitative estimate of drug-likeness (QED) is 0.220. The van der Waals surface area contributed by atoms with Gasteiger partial charge in [-0.05, 0) is 49.2 Å². The molecule has 4 heterocycles. The van der Waals surface area contributed by atoms with Crippen LogP contribution in [0.4, 0.5) is 4.39 Å². The normalized spacial score (nSPS) is 14.5. The molecule has 4 aromatic rings. The number of aromatic nitrogens is 3. The summed E-state index contributed by atoms with van der Waals surface area (Å²) in [4.78, 5) is 10.5. The summed E-state index contributed by atoms with van der Waals surface area (Å²) < 4.78 is 15.4. The zero-order chi connectivity index (χ0) is 24.8. The summed E-state index contributed by atoms with van der Waals surface area (Å²) in [6.45, 7) is 4.02. The molecule has 2 aliphatic rings. The molecule has 0 fully saturated rings. The summed E-state index contributed by atoms with van der Waals surface area (Å²) in [5.74, 6) is 2.14. The molecule has 2 aliphatic heterocycles. The highest BCUT2D eigenvalue weighted by molar-refractivity contribution is 8.01. The van der Waals surface area contributed by atoms with Crippen molar-refractivity contribution >= 4 is 57.6 Å². The van der Waals surface area contributed by atoms with Crippen molar-refractivity contribution in [1.82, 2.24) is 19.7 Å². The molecule has 182 valence electrons. The number of aryl methyl sites for hydroxylation is 1. The minimum atomic E-state index is -0.228. The smallest absolute Gasteiger partial charge is 0.160 e. The van der Waals surface area contributed by atoms with E-state index >= 15 is 0 Å². The molecule has 2 aromatic carbocycles. The van der Waals surface area contributed by atoms with E-state index in [9.17, 15) is 4.39 Å². The lowest BCUT2D eigenvalue weighted by Gasteiger charge is -2.29. The number of benzene rings is 2. The molecule has 0 aliphatic carbocycles. The maximum atomic E-state index is 13.2. The van der Waals surface area contributed by atoms with Crippen LogP contribution in [0.25, 0.3) is 5.00 Å². The summed E-state index contributed by atoms with van der Waals surface area (Å²) in [6, 6.07) is 14.4. The Morgan fingerprint density at radius 1 is 1.17 bits per heavy atom. The Hall–Kier alpha value is -2.59. The predicted molar refractivity (Wildman–Crippen MR) is 149 cm³/mol. The minimum absolute atomic E-state index is 0.228. The Morgan fingerprint density at radius 2 is 1.97 bits per heavy atom. The second kappa shape index (κ2) is 9.70. The number of aliphatic imine (C=N–C) groups is 1. The van der Waals surface area contributed by atoms with E-state index in [-0.39, 0.29) is 5.82 Å². The Bertz CT molecular complexity index is 1510. The largest absolute Gasteiger partial charge is 0.360 e. The van der Waals surface area contributed by atoms with E-state index in [0.29, 0.717) is 17.3 Å². The number of hydrogen-bond acceptors (Lipinski definition) is 6. The highest BCUT2D eigenvalue weighted by Gasteiger charge is 2.32. The summed E-state index contributed by atoms with van der Waals surface area (Å²) in [5, 5.41) is 10.5. The van der Waals surface area contributed by atoms with Gasteiger partial charge in [0.15, 0.2) is 5.82 Å². The van der Waals surface area contributed by atoms with E-state index in [1.54, 1.807) is 35.2 Å². The van der Waals surface area contributed by atoms with Crippen LogP contribution in [-0.2, 0) is 19.5 Å². The fourth-order valence-electron chi connectivity index (χ4n) is 4.65. The Balaban J connectivity index is 1.34. The summed E-state index contributed by atoms with van der Waals surface area (Å²) in [6.07, 6.45) is 0.864. The number of fused-ring (bicyclic) bond motifs is 5. The first-order chi connectivity index (χ1) is 17.5. The van der Waals surface area contributed by atoms with Crippen LogP contribution >= 0.6 is 46.9 Å². The van der Waals surface area contributed by atoms with Crippen LogP contribution in [0.2, 0.25) is 5.02 Å². The second-order valence-corrected chi connectivity index (χ2v) is 11.6. The van der Waals surface area contributed by atoms with E-state index in [1.807, 2.05) is 31.2 Å². The molecule has 0 radical (unpaired) electrons. The highest BCUT2D eigenvalue weighted by atomic mass is 35.5. The van der Waals surface area contributed by atoms with Crippen molar-refractivity contribution in [3.8, 4) is 5.00 Å². The first-order valence-corrected chi connectivity index (χ1v) is 14.1. The number of thiophene rings is 1. The lowest BCUT2D eigenvalue weighted by atomic mass is 9.95. The van der Waals surface area contributed by atoms with Crippen molar-refractivity contribution in [1.29, 1.82) is 0 Å². The van der Waals surface area contributed by atoms with E-state index < -0.39 is 0 Å². The average Bonchev–Trinajstić information content (AvgIpc) is 3.39. The molecule has 2 aromatic heterocycles. The number of thioether (sulfide) groups is 1. The molecule has 0 bridgehead atoms. The molecule has 0 N–H and O–H groups in total. The van der Waals surface area contributed by atoms with Crippen molar-refractivity contribution in [3.05, 3.63) is 92.6 Å². The lowest BCUT2D eigenvalue weighted by Crippen LogP contribution is -2.35. The third-order valence-corrected chi connectivity index (χ3v) is 9.55. The number of nitrogens with zero attached hydrogens (tertiary/aromatic N) is 5. The van der Waals surface area contributed by atoms with Gasteiger partial charge in [-0.15, -0.1) is 33.3 Å². The first-order valence-electron chi connectivity index (χ1n) is 11.5. The molecule has 0 atom stereocenters. The highest BCUT2D eigenvalue weighted by Crippen LogP contribution is 2.40. The maximum Gasteiger partial charge on any atom is 0.160 e. The van der Waals surface area contributed by atoms with Gasteiger partial charge >= 0.3 is 0 Å². The molecule has 0 saturated heterocycles. The molecule has 10 heteroatoms. The third-order valence-electron chi connectivity index (χ3n) is 6.41. The molecule has 0 spiro atoms. The monoisotopic (exact) mass is 553 g/mol. The van der Waals surface area contributed by atoms with Crippen LogP contribution in [0, 0.1) is 12.7 Å². The molecule has 0 saturated carbocycles. The number of halogens is 2. The van der Waals surface area contributed by atoms with Gasteiger partial charge in [-0.3, -0.25) is 9.56 Å². The molecule has 6 rings (SSSR count). The topological polar surface area (TPSA) is 46.3 Å². The van der Waals surface area contributed by atoms with Gasteiger partial charge in [0.25, 0.3) is 0 Å². The number of hydrogen-bond donors (Lipinski definition) is 0. The van der Waals surface area contributed by atoms with Gasteiger partial charge in [0.2, 0.25) is 0 Å². The standard InChI is InChI=1S/C26H21ClFN5S3/c1-15-30-31-22-12-29-25(18-4-2-3-5-20(18)27)24-19-10-11-32(13-21(19)36-26(24)33(15)22)23(34)14-35-17-8-6-16(28)7-9-17/h2-9H,10-14H2,1H3. The van der Waals surface area contributed by atoms with Crippen molar-refractivity contribution < 1.29 is 4.39 Å². The molecular weight excluding hydrogens is 533 g/mol. The Kier molecular flexibility index (Phi) is 6.41. The molecule has 0 amide bonds. The second-order valence-electron chi connectivity index (χ2n) is 8.64. The molecular formula is C26H21ClFN5S3. The van der Waals surface area contributed by atoms with Crippen LogP contribution in [-0.4, -0.2) is 42.7 Å². The van der Waals surface area contributed by atoms with E-state index in [0.717, 1.165) is 62.9 Å². The van der Waals surface area contributed by atoms with Crippen molar-refractivity contribution in [2.75, 3.05) is 12.3 Å². The van der Waals surface area contributed by atoms with Crippen LogP contribution in [0.3, 0.4) is 0 Å². The van der Waals surface area contributed by atoms with Gasteiger partial charge in [-0.1, -0.05) is 42.0 Å². The summed E-state index contributed by atoms with van der Waals surface area (Å²) in [5.41, 5.74) is 4.29. The van der Waals surface area contributed by atoms with Gasteiger partial charge < -0.3 is 4.90 Å². The van der Waals surface area contributed by atoms with Crippen molar-refractivity contribution in [3.63, 3.8) is 0 Å². The van der Waals surface area contributed by atoms with E-state index in [2.05, 4.69) is 19.7 Å². The first kappa shape index (κ1) is 23.8. The third kappa shape index (κ3) is 4.28. The Morgan fingerprint density at radius 3 is 2.78 bits per heavy atom. The molecule has 5 nitrogen and oxygen atoms in total. The average molecular weight is 554 g/mol. The van der Waals surface area contributed by atoms with Crippen molar-refractivity contribution in [2.45, 2.75) is 31.3 Å². The van der Waals surface area contributed by atoms with E-state index in [4.69, 9.17) is 28.8 Å².